The van der Waals surface area contributed by atoms with Gasteiger partial charge < -0.3 is 14.8 Å². The molecule has 4 nitrogen and oxygen atoms in total. The number of anilines is 1. The van der Waals surface area contributed by atoms with Crippen LogP contribution in [0.1, 0.15) is 24.5 Å². The van der Waals surface area contributed by atoms with Crippen LogP contribution in [-0.4, -0.2) is 18.6 Å². The highest BCUT2D eigenvalue weighted by Crippen LogP contribution is 2.20. The highest BCUT2D eigenvalue weighted by Gasteiger charge is 2.18. The van der Waals surface area contributed by atoms with Gasteiger partial charge in [0.2, 0.25) is 0 Å². The predicted molar refractivity (Wildman–Crippen MR) is 101 cm³/mol. The molecule has 1 unspecified atom stereocenters. The van der Waals surface area contributed by atoms with E-state index in [0.717, 1.165) is 11.3 Å². The lowest BCUT2D eigenvalue weighted by Gasteiger charge is -2.18. The number of ether oxygens (including phenoxy) is 2. The van der Waals surface area contributed by atoms with Crippen LogP contribution >= 0.6 is 0 Å². The summed E-state index contributed by atoms with van der Waals surface area (Å²) in [4.78, 5) is 12.5. The zero-order valence-corrected chi connectivity index (χ0v) is 15.0. The Morgan fingerprint density at radius 1 is 1.12 bits per heavy atom. The van der Waals surface area contributed by atoms with E-state index in [0.29, 0.717) is 24.5 Å². The van der Waals surface area contributed by atoms with Crippen molar-refractivity contribution < 1.29 is 14.3 Å². The number of carbonyl (C=O) groups excluding carboxylic acids is 1. The Hall–Kier alpha value is -2.75. The Labute approximate surface area is 149 Å². The monoisotopic (exact) mass is 339 g/mol. The van der Waals surface area contributed by atoms with Gasteiger partial charge in [-0.2, -0.15) is 0 Å². The molecular formula is C21H25NO3. The van der Waals surface area contributed by atoms with E-state index in [1.807, 2.05) is 51.1 Å². The third kappa shape index (κ3) is 5.38. The van der Waals surface area contributed by atoms with Crippen molar-refractivity contribution in [1.29, 1.82) is 0 Å². The molecular weight excluding hydrogens is 314 g/mol. The van der Waals surface area contributed by atoms with E-state index in [2.05, 4.69) is 11.9 Å². The molecule has 2 aromatic carbocycles. The van der Waals surface area contributed by atoms with Gasteiger partial charge in [0.05, 0.1) is 0 Å². The first-order valence-corrected chi connectivity index (χ1v) is 8.42. The smallest absolute Gasteiger partial charge is 0.265 e. The maximum absolute atomic E-state index is 12.5. The van der Waals surface area contributed by atoms with Crippen LogP contribution in [0.15, 0.2) is 55.1 Å². The van der Waals surface area contributed by atoms with E-state index < -0.39 is 6.10 Å². The van der Waals surface area contributed by atoms with Crippen molar-refractivity contribution in [2.24, 2.45) is 0 Å². The minimum Gasteiger partial charge on any atom is -0.490 e. The fourth-order valence-electron chi connectivity index (χ4n) is 2.29. The number of nitrogens with one attached hydrogen (secondary N) is 1. The first-order chi connectivity index (χ1) is 12.0. The number of hydrogen-bond donors (Lipinski definition) is 1. The van der Waals surface area contributed by atoms with Crippen LogP contribution in [0.25, 0.3) is 0 Å². The molecule has 0 saturated heterocycles. The van der Waals surface area contributed by atoms with Gasteiger partial charge in [0, 0.05) is 5.69 Å². The second-order valence-corrected chi connectivity index (χ2v) is 5.87. The van der Waals surface area contributed by atoms with Crippen molar-refractivity contribution in [3.05, 3.63) is 66.2 Å². The van der Waals surface area contributed by atoms with Gasteiger partial charge in [-0.3, -0.25) is 4.79 Å². The normalized spacial score (nSPS) is 11.5. The third-order valence-electron chi connectivity index (χ3n) is 3.91. The Morgan fingerprint density at radius 3 is 2.40 bits per heavy atom. The first-order valence-electron chi connectivity index (χ1n) is 8.42. The van der Waals surface area contributed by atoms with Gasteiger partial charge in [-0.25, -0.2) is 0 Å². The van der Waals surface area contributed by atoms with Gasteiger partial charge in [0.15, 0.2) is 6.10 Å². The largest absolute Gasteiger partial charge is 0.490 e. The van der Waals surface area contributed by atoms with Crippen molar-refractivity contribution >= 4 is 11.6 Å². The van der Waals surface area contributed by atoms with E-state index in [4.69, 9.17) is 9.47 Å². The summed E-state index contributed by atoms with van der Waals surface area (Å²) in [5.74, 6) is 1.27. The van der Waals surface area contributed by atoms with Crippen molar-refractivity contribution in [1.82, 2.24) is 0 Å². The Kier molecular flexibility index (Phi) is 6.63. The standard InChI is InChI=1S/C21H25NO3/c1-5-13-24-18-11-8-17(9-12-18)22-21(23)20(6-2)25-19-10-7-15(3)16(4)14-19/h5,7-12,14,20H,1,6,13H2,2-4H3,(H,22,23). The maximum atomic E-state index is 12.5. The summed E-state index contributed by atoms with van der Waals surface area (Å²) < 4.78 is 11.3. The summed E-state index contributed by atoms with van der Waals surface area (Å²) in [5.41, 5.74) is 3.05. The molecule has 0 spiro atoms. The van der Waals surface area contributed by atoms with E-state index in [-0.39, 0.29) is 5.91 Å². The SMILES string of the molecule is C=CCOc1ccc(NC(=O)C(CC)Oc2ccc(C)c(C)c2)cc1. The topological polar surface area (TPSA) is 47.6 Å². The molecule has 0 bridgehead atoms. The lowest BCUT2D eigenvalue weighted by atomic mass is 10.1. The van der Waals surface area contributed by atoms with Crippen LogP contribution in [0.5, 0.6) is 11.5 Å². The molecule has 0 aliphatic carbocycles. The van der Waals surface area contributed by atoms with Crippen LogP contribution in [0.3, 0.4) is 0 Å². The zero-order valence-electron chi connectivity index (χ0n) is 15.0. The molecule has 0 fully saturated rings. The number of aryl methyl sites for hydroxylation is 2. The zero-order chi connectivity index (χ0) is 18.2. The molecule has 2 rings (SSSR count). The number of benzene rings is 2. The van der Waals surface area contributed by atoms with Crippen molar-refractivity contribution in [2.75, 3.05) is 11.9 Å². The highest BCUT2D eigenvalue weighted by atomic mass is 16.5. The Balaban J connectivity index is 1.99. The average molecular weight is 339 g/mol. The highest BCUT2D eigenvalue weighted by molar-refractivity contribution is 5.94. The molecule has 0 saturated carbocycles. The summed E-state index contributed by atoms with van der Waals surface area (Å²) in [7, 11) is 0. The molecule has 1 atom stereocenters. The predicted octanol–water partition coefficient (Wildman–Crippen LogP) is 4.66. The first kappa shape index (κ1) is 18.6. The van der Waals surface area contributed by atoms with E-state index in [1.54, 1.807) is 18.2 Å². The second-order valence-electron chi connectivity index (χ2n) is 5.87. The Bertz CT molecular complexity index is 722. The number of amides is 1. The van der Waals surface area contributed by atoms with Gasteiger partial charge in [-0.1, -0.05) is 25.6 Å². The fourth-order valence-corrected chi connectivity index (χ4v) is 2.29. The van der Waals surface area contributed by atoms with Crippen molar-refractivity contribution in [3.8, 4) is 11.5 Å². The van der Waals surface area contributed by atoms with Gasteiger partial charge in [0.1, 0.15) is 18.1 Å². The molecule has 0 aliphatic heterocycles. The van der Waals surface area contributed by atoms with Gasteiger partial charge in [-0.15, -0.1) is 0 Å². The molecule has 132 valence electrons. The van der Waals surface area contributed by atoms with Crippen LogP contribution < -0.4 is 14.8 Å². The van der Waals surface area contributed by atoms with Gasteiger partial charge in [0.25, 0.3) is 5.91 Å². The summed E-state index contributed by atoms with van der Waals surface area (Å²) in [6, 6.07) is 13.1. The summed E-state index contributed by atoms with van der Waals surface area (Å²) >= 11 is 0. The van der Waals surface area contributed by atoms with Crippen LogP contribution in [0, 0.1) is 13.8 Å². The number of carbonyl (C=O) groups is 1. The van der Waals surface area contributed by atoms with Crippen LogP contribution in [-0.2, 0) is 4.79 Å². The summed E-state index contributed by atoms with van der Waals surface area (Å²) in [6.07, 6.45) is 1.73. The number of hydrogen-bond acceptors (Lipinski definition) is 3. The minimum absolute atomic E-state index is 0.166. The quantitative estimate of drug-likeness (QED) is 0.711. The molecule has 0 aromatic heterocycles. The van der Waals surface area contributed by atoms with Crippen LogP contribution in [0.2, 0.25) is 0 Å². The Morgan fingerprint density at radius 2 is 1.80 bits per heavy atom. The number of rotatable bonds is 8. The van der Waals surface area contributed by atoms with Crippen LogP contribution in [0.4, 0.5) is 5.69 Å². The third-order valence-corrected chi connectivity index (χ3v) is 3.91. The molecule has 25 heavy (non-hydrogen) atoms. The molecule has 1 amide bonds. The van der Waals surface area contributed by atoms with E-state index in [1.165, 1.54) is 5.56 Å². The van der Waals surface area contributed by atoms with Gasteiger partial charge >= 0.3 is 0 Å². The molecule has 0 radical (unpaired) electrons. The lowest BCUT2D eigenvalue weighted by Crippen LogP contribution is -2.32. The maximum Gasteiger partial charge on any atom is 0.265 e. The molecule has 1 N–H and O–H groups in total. The second kappa shape index (κ2) is 8.92. The van der Waals surface area contributed by atoms with Gasteiger partial charge in [-0.05, 0) is 67.8 Å². The molecule has 0 aliphatic rings. The average Bonchev–Trinajstić information content (AvgIpc) is 2.62. The van der Waals surface area contributed by atoms with Crippen molar-refractivity contribution in [3.63, 3.8) is 0 Å². The van der Waals surface area contributed by atoms with E-state index >= 15 is 0 Å². The lowest BCUT2D eigenvalue weighted by molar-refractivity contribution is -0.122. The summed E-state index contributed by atoms with van der Waals surface area (Å²) in [6.45, 7) is 10.1. The minimum atomic E-state index is -0.543. The van der Waals surface area contributed by atoms with E-state index in [9.17, 15) is 4.79 Å². The molecule has 4 heteroatoms. The summed E-state index contributed by atoms with van der Waals surface area (Å²) in [5, 5.41) is 2.88. The molecule has 0 heterocycles. The van der Waals surface area contributed by atoms with Crippen molar-refractivity contribution in [2.45, 2.75) is 33.3 Å². The molecule has 2 aromatic rings. The fraction of sp³-hybridized carbons (Fsp3) is 0.286.